The second kappa shape index (κ2) is 6.64. The van der Waals surface area contributed by atoms with Gasteiger partial charge in [0.25, 0.3) is 10.0 Å². The van der Waals surface area contributed by atoms with Crippen LogP contribution < -0.4 is 4.72 Å². The molecule has 0 radical (unpaired) electrons. The van der Waals surface area contributed by atoms with Crippen LogP contribution in [0.3, 0.4) is 0 Å². The number of anilines is 1. The maximum Gasteiger partial charge on any atom is 0.261 e. The highest BCUT2D eigenvalue weighted by Gasteiger charge is 2.24. The highest BCUT2D eigenvalue weighted by molar-refractivity contribution is 7.94. The second-order valence-electron chi connectivity index (χ2n) is 6.17. The van der Waals surface area contributed by atoms with Crippen LogP contribution in [0, 0.1) is 6.92 Å². The summed E-state index contributed by atoms with van der Waals surface area (Å²) in [6, 6.07) is 11.3. The number of rotatable bonds is 5. The standard InChI is InChI=1S/C17H18N2O4S3/c1-11(2)25(20,21)17-18-15-9-6-13(10-16(15)24-17)19-26(22,23)14-7-4-12(3)5-8-14/h4-11,19H,1-3H3. The lowest BCUT2D eigenvalue weighted by Crippen LogP contribution is -2.13. The molecule has 0 unspecified atom stereocenters. The largest absolute Gasteiger partial charge is 0.280 e. The number of sulfone groups is 1. The van der Waals surface area contributed by atoms with E-state index in [0.717, 1.165) is 16.9 Å². The smallest absolute Gasteiger partial charge is 0.261 e. The molecule has 0 saturated carbocycles. The number of hydrogen-bond acceptors (Lipinski definition) is 6. The van der Waals surface area contributed by atoms with Crippen LogP contribution in [0.15, 0.2) is 51.7 Å². The number of sulfonamides is 1. The molecular weight excluding hydrogens is 392 g/mol. The Bertz CT molecular complexity index is 1160. The molecule has 1 N–H and O–H groups in total. The van der Waals surface area contributed by atoms with Gasteiger partial charge in [0.1, 0.15) is 0 Å². The van der Waals surface area contributed by atoms with Crippen molar-refractivity contribution in [2.45, 2.75) is 35.3 Å². The first kappa shape index (κ1) is 18.8. The molecule has 0 aliphatic carbocycles. The van der Waals surface area contributed by atoms with E-state index in [0.29, 0.717) is 15.9 Å². The quantitative estimate of drug-likeness (QED) is 0.694. The Morgan fingerprint density at radius 3 is 2.27 bits per heavy atom. The molecule has 2 aromatic carbocycles. The number of nitrogens with one attached hydrogen (secondary N) is 1. The molecule has 1 heterocycles. The van der Waals surface area contributed by atoms with Gasteiger partial charge in [-0.25, -0.2) is 21.8 Å². The molecule has 1 aromatic heterocycles. The summed E-state index contributed by atoms with van der Waals surface area (Å²) < 4.78 is 52.7. The van der Waals surface area contributed by atoms with E-state index in [4.69, 9.17) is 0 Å². The van der Waals surface area contributed by atoms with Crippen molar-refractivity contribution in [3.05, 3.63) is 48.0 Å². The van der Waals surface area contributed by atoms with E-state index in [1.165, 1.54) is 12.1 Å². The predicted octanol–water partition coefficient (Wildman–Crippen LogP) is 3.59. The summed E-state index contributed by atoms with van der Waals surface area (Å²) in [7, 11) is -7.18. The van der Waals surface area contributed by atoms with Crippen LogP contribution in [0.25, 0.3) is 10.2 Å². The Morgan fingerprint density at radius 1 is 1.00 bits per heavy atom. The highest BCUT2D eigenvalue weighted by atomic mass is 32.2. The van der Waals surface area contributed by atoms with Crippen LogP contribution >= 0.6 is 11.3 Å². The Hall–Kier alpha value is -1.97. The second-order valence-corrected chi connectivity index (χ2v) is 11.6. The van der Waals surface area contributed by atoms with Gasteiger partial charge in [-0.05, 0) is 51.1 Å². The SMILES string of the molecule is Cc1ccc(S(=O)(=O)Nc2ccc3nc(S(=O)(=O)C(C)C)sc3c2)cc1. The molecule has 3 aromatic rings. The number of thiazole rings is 1. The van der Waals surface area contributed by atoms with Crippen molar-refractivity contribution in [3.63, 3.8) is 0 Å². The average Bonchev–Trinajstić information content (AvgIpc) is 2.98. The van der Waals surface area contributed by atoms with Gasteiger partial charge in [-0.15, -0.1) is 11.3 Å². The molecule has 0 bridgehead atoms. The van der Waals surface area contributed by atoms with E-state index in [9.17, 15) is 16.8 Å². The fourth-order valence-corrected chi connectivity index (χ4v) is 5.95. The lowest BCUT2D eigenvalue weighted by Gasteiger charge is -2.08. The third-order valence-electron chi connectivity index (χ3n) is 3.82. The van der Waals surface area contributed by atoms with E-state index < -0.39 is 25.1 Å². The van der Waals surface area contributed by atoms with Crippen molar-refractivity contribution in [3.8, 4) is 0 Å². The van der Waals surface area contributed by atoms with Crippen molar-refractivity contribution in [1.82, 2.24) is 4.98 Å². The van der Waals surface area contributed by atoms with Gasteiger partial charge in [0.15, 0.2) is 0 Å². The molecule has 0 aliphatic rings. The molecule has 9 heteroatoms. The molecular formula is C17H18N2O4S3. The van der Waals surface area contributed by atoms with Crippen molar-refractivity contribution >= 4 is 47.1 Å². The zero-order chi connectivity index (χ0) is 19.1. The van der Waals surface area contributed by atoms with E-state index >= 15 is 0 Å². The number of nitrogens with zero attached hydrogens (tertiary/aromatic N) is 1. The minimum Gasteiger partial charge on any atom is -0.280 e. The van der Waals surface area contributed by atoms with Gasteiger partial charge in [-0.2, -0.15) is 0 Å². The van der Waals surface area contributed by atoms with Gasteiger partial charge in [0.05, 0.1) is 26.0 Å². The molecule has 0 fully saturated rings. The van der Waals surface area contributed by atoms with Crippen molar-refractivity contribution in [2.75, 3.05) is 4.72 Å². The monoisotopic (exact) mass is 410 g/mol. The number of aromatic nitrogens is 1. The van der Waals surface area contributed by atoms with Gasteiger partial charge in [0, 0.05) is 0 Å². The van der Waals surface area contributed by atoms with Crippen LogP contribution in [-0.2, 0) is 19.9 Å². The minimum absolute atomic E-state index is 0.0426. The van der Waals surface area contributed by atoms with Crippen LogP contribution in [0.4, 0.5) is 5.69 Å². The first-order valence-corrected chi connectivity index (χ1v) is 11.7. The zero-order valence-corrected chi connectivity index (χ0v) is 16.9. The number of benzene rings is 2. The summed E-state index contributed by atoms with van der Waals surface area (Å²) in [6.45, 7) is 5.08. The molecule has 6 nitrogen and oxygen atoms in total. The maximum absolute atomic E-state index is 12.5. The number of aryl methyl sites for hydroxylation is 1. The Balaban J connectivity index is 1.96. The van der Waals surface area contributed by atoms with E-state index in [1.807, 2.05) is 6.92 Å². The van der Waals surface area contributed by atoms with Crippen LogP contribution in [0.2, 0.25) is 0 Å². The van der Waals surface area contributed by atoms with Crippen LogP contribution in [0.1, 0.15) is 19.4 Å². The summed E-state index contributed by atoms with van der Waals surface area (Å²) in [4.78, 5) is 4.33. The summed E-state index contributed by atoms with van der Waals surface area (Å²) >= 11 is 1.04. The van der Waals surface area contributed by atoms with Gasteiger partial charge in [-0.1, -0.05) is 17.7 Å². The number of fused-ring (bicyclic) bond motifs is 1. The zero-order valence-electron chi connectivity index (χ0n) is 14.4. The van der Waals surface area contributed by atoms with E-state index in [-0.39, 0.29) is 9.24 Å². The number of hydrogen-bond donors (Lipinski definition) is 1. The van der Waals surface area contributed by atoms with E-state index in [2.05, 4.69) is 9.71 Å². The Kier molecular flexibility index (Phi) is 4.80. The Labute approximate surface area is 156 Å². The molecule has 138 valence electrons. The fraction of sp³-hybridized carbons (Fsp3) is 0.235. The first-order chi connectivity index (χ1) is 12.1. The molecule has 0 aliphatic heterocycles. The predicted molar refractivity (Wildman–Crippen MR) is 104 cm³/mol. The lowest BCUT2D eigenvalue weighted by atomic mass is 10.2. The topological polar surface area (TPSA) is 93.2 Å². The summed E-state index contributed by atoms with van der Waals surface area (Å²) in [6.07, 6.45) is 0. The van der Waals surface area contributed by atoms with Gasteiger partial charge < -0.3 is 0 Å². The molecule has 3 rings (SSSR count). The van der Waals surface area contributed by atoms with E-state index in [1.54, 1.807) is 44.2 Å². The third kappa shape index (κ3) is 3.60. The van der Waals surface area contributed by atoms with Gasteiger partial charge >= 0.3 is 0 Å². The molecule has 0 atom stereocenters. The highest BCUT2D eigenvalue weighted by Crippen LogP contribution is 2.30. The van der Waals surface area contributed by atoms with Crippen molar-refractivity contribution < 1.29 is 16.8 Å². The Morgan fingerprint density at radius 2 is 1.65 bits per heavy atom. The summed E-state index contributed by atoms with van der Waals surface area (Å²) in [5.41, 5.74) is 1.84. The lowest BCUT2D eigenvalue weighted by molar-refractivity contribution is 0.586. The van der Waals surface area contributed by atoms with Gasteiger partial charge in [-0.3, -0.25) is 4.72 Å². The minimum atomic E-state index is -3.72. The molecule has 0 spiro atoms. The molecule has 0 saturated heterocycles. The summed E-state index contributed by atoms with van der Waals surface area (Å²) in [5, 5.41) is -0.567. The molecule has 26 heavy (non-hydrogen) atoms. The fourth-order valence-electron chi connectivity index (χ4n) is 2.22. The van der Waals surface area contributed by atoms with Crippen molar-refractivity contribution in [2.24, 2.45) is 0 Å². The van der Waals surface area contributed by atoms with Crippen LogP contribution in [-0.4, -0.2) is 27.1 Å². The summed E-state index contributed by atoms with van der Waals surface area (Å²) in [5.74, 6) is 0. The van der Waals surface area contributed by atoms with Gasteiger partial charge in [0.2, 0.25) is 14.2 Å². The van der Waals surface area contributed by atoms with Crippen LogP contribution in [0.5, 0.6) is 0 Å². The first-order valence-electron chi connectivity index (χ1n) is 7.83. The van der Waals surface area contributed by atoms with Crippen molar-refractivity contribution in [1.29, 1.82) is 0 Å². The molecule has 0 amide bonds. The maximum atomic E-state index is 12.5. The average molecular weight is 411 g/mol. The third-order valence-corrected chi connectivity index (χ3v) is 8.79. The normalized spacial score (nSPS) is 12.6.